The molecule has 4 rings (SSSR count). The van der Waals surface area contributed by atoms with Crippen molar-refractivity contribution in [2.45, 2.75) is 19.9 Å². The molecule has 0 bridgehead atoms. The SMILES string of the molecule is CC(C)N(c1ccccc1)c1ccc(NC(=O)COC(=O)c2cc(=O)c3ccccc3o2)cc1. The van der Waals surface area contributed by atoms with E-state index in [1.165, 1.54) is 0 Å². The number of fused-ring (bicyclic) bond motifs is 1. The van der Waals surface area contributed by atoms with Crippen LogP contribution in [0.15, 0.2) is 94.1 Å². The van der Waals surface area contributed by atoms with Gasteiger partial charge < -0.3 is 19.4 Å². The molecule has 0 saturated carbocycles. The molecule has 3 aromatic carbocycles. The summed E-state index contributed by atoms with van der Waals surface area (Å²) in [5, 5.41) is 3.06. The monoisotopic (exact) mass is 456 g/mol. The number of nitrogens with one attached hydrogen (secondary N) is 1. The fraction of sp³-hybridized carbons (Fsp3) is 0.148. The van der Waals surface area contributed by atoms with Crippen LogP contribution >= 0.6 is 0 Å². The molecular weight excluding hydrogens is 432 g/mol. The molecule has 1 aromatic heterocycles. The Kier molecular flexibility index (Phi) is 6.73. The summed E-state index contributed by atoms with van der Waals surface area (Å²) in [4.78, 5) is 38.9. The summed E-state index contributed by atoms with van der Waals surface area (Å²) >= 11 is 0. The van der Waals surface area contributed by atoms with E-state index < -0.39 is 18.5 Å². The highest BCUT2D eigenvalue weighted by Gasteiger charge is 2.16. The van der Waals surface area contributed by atoms with E-state index >= 15 is 0 Å². The van der Waals surface area contributed by atoms with Crippen molar-refractivity contribution < 1.29 is 18.7 Å². The quantitative estimate of drug-likeness (QED) is 0.388. The van der Waals surface area contributed by atoms with Crippen molar-refractivity contribution in [2.75, 3.05) is 16.8 Å². The number of amides is 1. The fourth-order valence-corrected chi connectivity index (χ4v) is 3.64. The van der Waals surface area contributed by atoms with Gasteiger partial charge in [-0.1, -0.05) is 30.3 Å². The van der Waals surface area contributed by atoms with E-state index in [0.717, 1.165) is 17.4 Å². The second kappa shape index (κ2) is 10.0. The number of carbonyl (C=O) groups excluding carboxylic acids is 2. The lowest BCUT2D eigenvalue weighted by Gasteiger charge is -2.29. The standard InChI is InChI=1S/C27H24N2O5/c1-18(2)29(20-8-4-3-5-9-20)21-14-12-19(13-15-21)28-26(31)17-33-27(32)25-16-23(30)22-10-6-7-11-24(22)34-25/h3-16,18H,17H2,1-2H3,(H,28,31). The minimum Gasteiger partial charge on any atom is -0.450 e. The number of benzene rings is 3. The zero-order chi connectivity index (χ0) is 24.1. The minimum atomic E-state index is -0.885. The molecule has 0 radical (unpaired) electrons. The van der Waals surface area contributed by atoms with Gasteiger partial charge in [-0.25, -0.2) is 4.79 Å². The Hall–Kier alpha value is -4.39. The van der Waals surface area contributed by atoms with Crippen molar-refractivity contribution in [1.29, 1.82) is 0 Å². The second-order valence-electron chi connectivity index (χ2n) is 7.94. The minimum absolute atomic E-state index is 0.234. The van der Waals surface area contributed by atoms with Gasteiger partial charge in [0.2, 0.25) is 5.76 Å². The molecule has 1 amide bonds. The van der Waals surface area contributed by atoms with E-state index in [1.807, 2.05) is 42.5 Å². The van der Waals surface area contributed by atoms with Crippen LogP contribution in [0.1, 0.15) is 24.4 Å². The largest absolute Gasteiger partial charge is 0.450 e. The molecular formula is C27H24N2O5. The molecule has 34 heavy (non-hydrogen) atoms. The van der Waals surface area contributed by atoms with E-state index in [-0.39, 0.29) is 22.8 Å². The number of esters is 1. The zero-order valence-electron chi connectivity index (χ0n) is 18.9. The highest BCUT2D eigenvalue weighted by molar-refractivity contribution is 5.95. The Morgan fingerprint density at radius 3 is 2.26 bits per heavy atom. The molecule has 0 saturated heterocycles. The molecule has 4 aromatic rings. The maximum atomic E-state index is 12.3. The summed E-state index contributed by atoms with van der Waals surface area (Å²) in [5.74, 6) is -1.65. The van der Waals surface area contributed by atoms with Gasteiger partial charge in [-0.2, -0.15) is 0 Å². The zero-order valence-corrected chi connectivity index (χ0v) is 18.9. The first-order chi connectivity index (χ1) is 16.4. The fourth-order valence-electron chi connectivity index (χ4n) is 3.64. The summed E-state index contributed by atoms with van der Waals surface area (Å²) in [5.41, 5.74) is 2.54. The van der Waals surface area contributed by atoms with Gasteiger partial charge in [0, 0.05) is 29.2 Å². The molecule has 7 heteroatoms. The van der Waals surface area contributed by atoms with E-state index in [1.54, 1.807) is 36.4 Å². The Bertz CT molecular complexity index is 1360. The number of nitrogens with zero attached hydrogens (tertiary/aromatic N) is 1. The van der Waals surface area contributed by atoms with Gasteiger partial charge in [0.25, 0.3) is 5.91 Å². The Morgan fingerprint density at radius 2 is 1.56 bits per heavy atom. The summed E-state index contributed by atoms with van der Waals surface area (Å²) in [6.45, 7) is 3.70. The third-order valence-corrected chi connectivity index (χ3v) is 5.15. The molecule has 0 spiro atoms. The van der Waals surface area contributed by atoms with Crippen LogP contribution in [-0.2, 0) is 9.53 Å². The van der Waals surface area contributed by atoms with Crippen LogP contribution in [0.5, 0.6) is 0 Å². The van der Waals surface area contributed by atoms with Crippen molar-refractivity contribution >= 4 is 39.9 Å². The van der Waals surface area contributed by atoms with Crippen molar-refractivity contribution in [3.8, 4) is 0 Å². The van der Waals surface area contributed by atoms with E-state index in [9.17, 15) is 14.4 Å². The number of hydrogen-bond donors (Lipinski definition) is 1. The maximum absolute atomic E-state index is 12.3. The molecule has 0 fully saturated rings. The summed E-state index contributed by atoms with van der Waals surface area (Å²) < 4.78 is 10.5. The molecule has 172 valence electrons. The molecule has 0 aliphatic rings. The topological polar surface area (TPSA) is 88.9 Å². The normalized spacial score (nSPS) is 10.8. The maximum Gasteiger partial charge on any atom is 0.374 e. The van der Waals surface area contributed by atoms with Crippen LogP contribution < -0.4 is 15.6 Å². The highest BCUT2D eigenvalue weighted by atomic mass is 16.5. The molecule has 7 nitrogen and oxygen atoms in total. The predicted molar refractivity (Wildman–Crippen MR) is 132 cm³/mol. The first kappa shape index (κ1) is 22.8. The van der Waals surface area contributed by atoms with Crippen molar-refractivity contribution in [2.24, 2.45) is 0 Å². The summed E-state index contributed by atoms with van der Waals surface area (Å²) in [7, 11) is 0. The third kappa shape index (κ3) is 5.15. The van der Waals surface area contributed by atoms with Gasteiger partial charge in [0.15, 0.2) is 12.0 Å². The average molecular weight is 456 g/mol. The summed E-state index contributed by atoms with van der Waals surface area (Å²) in [6.07, 6.45) is 0. The summed E-state index contributed by atoms with van der Waals surface area (Å²) in [6, 6.07) is 25.3. The highest BCUT2D eigenvalue weighted by Crippen LogP contribution is 2.28. The molecule has 1 heterocycles. The van der Waals surface area contributed by atoms with Gasteiger partial charge in [-0.15, -0.1) is 0 Å². The van der Waals surface area contributed by atoms with Gasteiger partial charge >= 0.3 is 5.97 Å². The molecule has 0 aliphatic carbocycles. The van der Waals surface area contributed by atoms with Crippen LogP contribution in [0, 0.1) is 0 Å². The van der Waals surface area contributed by atoms with Gasteiger partial charge in [0.1, 0.15) is 5.58 Å². The van der Waals surface area contributed by atoms with Crippen LogP contribution in [0.4, 0.5) is 17.1 Å². The number of carbonyl (C=O) groups is 2. The lowest BCUT2D eigenvalue weighted by atomic mass is 10.2. The molecule has 0 aliphatic heterocycles. The van der Waals surface area contributed by atoms with E-state index in [2.05, 4.69) is 24.1 Å². The van der Waals surface area contributed by atoms with Crippen molar-refractivity contribution in [1.82, 2.24) is 0 Å². The first-order valence-electron chi connectivity index (χ1n) is 10.9. The van der Waals surface area contributed by atoms with Gasteiger partial charge in [0.05, 0.1) is 5.39 Å². The lowest BCUT2D eigenvalue weighted by Crippen LogP contribution is -2.25. The van der Waals surface area contributed by atoms with Gasteiger partial charge in [-0.05, 0) is 62.4 Å². The Balaban J connectivity index is 1.38. The average Bonchev–Trinajstić information content (AvgIpc) is 2.84. The molecule has 1 N–H and O–H groups in total. The van der Waals surface area contributed by atoms with Crippen LogP contribution in [-0.4, -0.2) is 24.5 Å². The number of rotatable bonds is 7. The number of para-hydroxylation sites is 2. The Morgan fingerprint density at radius 1 is 0.912 bits per heavy atom. The van der Waals surface area contributed by atoms with Crippen molar-refractivity contribution in [3.05, 3.63) is 101 Å². The van der Waals surface area contributed by atoms with E-state index in [0.29, 0.717) is 11.1 Å². The number of anilines is 3. The number of hydrogen-bond acceptors (Lipinski definition) is 6. The smallest absolute Gasteiger partial charge is 0.374 e. The lowest BCUT2D eigenvalue weighted by molar-refractivity contribution is -0.119. The molecule has 0 atom stereocenters. The Labute approximate surface area is 196 Å². The van der Waals surface area contributed by atoms with Crippen LogP contribution in [0.3, 0.4) is 0 Å². The van der Waals surface area contributed by atoms with Crippen molar-refractivity contribution in [3.63, 3.8) is 0 Å². The third-order valence-electron chi connectivity index (χ3n) is 5.15. The predicted octanol–water partition coefficient (Wildman–Crippen LogP) is 5.14. The number of ether oxygens (including phenoxy) is 1. The van der Waals surface area contributed by atoms with E-state index in [4.69, 9.17) is 9.15 Å². The molecule has 0 unspecified atom stereocenters. The van der Waals surface area contributed by atoms with Crippen LogP contribution in [0.25, 0.3) is 11.0 Å². The van der Waals surface area contributed by atoms with Crippen LogP contribution in [0.2, 0.25) is 0 Å². The first-order valence-corrected chi connectivity index (χ1v) is 10.9. The van der Waals surface area contributed by atoms with Gasteiger partial charge in [-0.3, -0.25) is 9.59 Å². The second-order valence-corrected chi connectivity index (χ2v) is 7.94.